The van der Waals surface area contributed by atoms with E-state index in [2.05, 4.69) is 26.9 Å². The summed E-state index contributed by atoms with van der Waals surface area (Å²) in [6.07, 6.45) is 3.26. The van der Waals surface area contributed by atoms with Crippen LogP contribution in [0.3, 0.4) is 0 Å². The molecule has 0 bridgehead atoms. The third kappa shape index (κ3) is 3.62. The number of nitrogens with one attached hydrogen (secondary N) is 1. The number of tetrazole rings is 1. The highest BCUT2D eigenvalue weighted by molar-refractivity contribution is 7.84. The molecule has 7 heteroatoms. The van der Waals surface area contributed by atoms with Crippen molar-refractivity contribution in [3.05, 3.63) is 59.9 Å². The molecule has 118 valence electrons. The average Bonchev–Trinajstić information content (AvgIpc) is 3.07. The minimum Gasteiger partial charge on any atom is -0.381 e. The number of aryl methyl sites for hydroxylation is 1. The molecule has 3 rings (SSSR count). The van der Waals surface area contributed by atoms with Crippen LogP contribution in [0.4, 0.5) is 5.69 Å². The van der Waals surface area contributed by atoms with Crippen molar-refractivity contribution in [2.75, 3.05) is 11.6 Å². The topological polar surface area (TPSA) is 72.7 Å². The zero-order valence-corrected chi connectivity index (χ0v) is 13.7. The van der Waals surface area contributed by atoms with Gasteiger partial charge in [0.25, 0.3) is 0 Å². The lowest BCUT2D eigenvalue weighted by Crippen LogP contribution is -2.02. The molecule has 1 atom stereocenters. The lowest BCUT2D eigenvalue weighted by molar-refractivity contribution is 0.687. The predicted octanol–water partition coefficient (Wildman–Crippen LogP) is 2.32. The third-order valence-corrected chi connectivity index (χ3v) is 4.48. The molecule has 0 aliphatic carbocycles. The largest absolute Gasteiger partial charge is 0.381 e. The van der Waals surface area contributed by atoms with E-state index in [0.29, 0.717) is 6.54 Å². The number of hydrogen-bond acceptors (Lipinski definition) is 5. The van der Waals surface area contributed by atoms with Crippen LogP contribution in [0.25, 0.3) is 5.69 Å². The Kier molecular flexibility index (Phi) is 4.47. The fraction of sp³-hybridized carbons (Fsp3) is 0.188. The van der Waals surface area contributed by atoms with Gasteiger partial charge < -0.3 is 5.32 Å². The molecule has 0 radical (unpaired) electrons. The van der Waals surface area contributed by atoms with Crippen molar-refractivity contribution in [1.29, 1.82) is 0 Å². The Balaban J connectivity index is 1.69. The smallest absolute Gasteiger partial charge is 0.143 e. The quantitative estimate of drug-likeness (QED) is 0.778. The minimum atomic E-state index is -0.937. The molecule has 1 heterocycles. The lowest BCUT2D eigenvalue weighted by Gasteiger charge is -2.10. The van der Waals surface area contributed by atoms with Crippen LogP contribution in [-0.2, 0) is 17.3 Å². The van der Waals surface area contributed by atoms with E-state index in [-0.39, 0.29) is 0 Å². The fourth-order valence-electron chi connectivity index (χ4n) is 2.30. The van der Waals surface area contributed by atoms with E-state index in [1.807, 2.05) is 43.3 Å². The van der Waals surface area contributed by atoms with E-state index in [4.69, 9.17) is 0 Å². The molecule has 0 spiro atoms. The number of rotatable bonds is 5. The summed E-state index contributed by atoms with van der Waals surface area (Å²) in [5.41, 5.74) is 4.21. The Labute approximate surface area is 137 Å². The maximum absolute atomic E-state index is 11.4. The molecule has 0 amide bonds. The number of anilines is 1. The lowest BCUT2D eigenvalue weighted by atomic mass is 10.1. The number of nitrogens with zero attached hydrogens (tertiary/aromatic N) is 4. The summed E-state index contributed by atoms with van der Waals surface area (Å²) in [6.45, 7) is 2.73. The molecule has 0 unspecified atom stereocenters. The maximum Gasteiger partial charge on any atom is 0.143 e. The highest BCUT2D eigenvalue weighted by atomic mass is 32.2. The highest BCUT2D eigenvalue weighted by Gasteiger charge is 2.04. The van der Waals surface area contributed by atoms with Gasteiger partial charge in [-0.05, 0) is 58.8 Å². The van der Waals surface area contributed by atoms with Crippen LogP contribution >= 0.6 is 0 Å². The number of aromatic nitrogens is 4. The molecule has 0 fully saturated rings. The van der Waals surface area contributed by atoms with E-state index in [1.54, 1.807) is 17.3 Å². The van der Waals surface area contributed by atoms with Gasteiger partial charge in [0.15, 0.2) is 0 Å². The highest BCUT2D eigenvalue weighted by Crippen LogP contribution is 2.18. The van der Waals surface area contributed by atoms with Crippen LogP contribution < -0.4 is 5.32 Å². The standard InChI is InChI=1S/C16H17N5OS/c1-12-9-14(5-8-16(12)21-11-18-19-20-21)17-10-13-3-6-15(7-4-13)23(2)22/h3-9,11,17H,10H2,1-2H3/t23-/m0/s1. The Morgan fingerprint density at radius 2 is 1.96 bits per heavy atom. The van der Waals surface area contributed by atoms with Gasteiger partial charge in [0.1, 0.15) is 6.33 Å². The Morgan fingerprint density at radius 1 is 1.17 bits per heavy atom. The first-order chi connectivity index (χ1) is 11.1. The summed E-state index contributed by atoms with van der Waals surface area (Å²) in [5, 5.41) is 14.6. The second-order valence-electron chi connectivity index (χ2n) is 5.21. The number of hydrogen-bond donors (Lipinski definition) is 1. The van der Waals surface area contributed by atoms with Gasteiger partial charge in [-0.25, -0.2) is 4.68 Å². The zero-order chi connectivity index (χ0) is 16.2. The van der Waals surface area contributed by atoms with E-state index >= 15 is 0 Å². The molecule has 6 nitrogen and oxygen atoms in total. The van der Waals surface area contributed by atoms with E-state index in [9.17, 15) is 4.21 Å². The summed E-state index contributed by atoms with van der Waals surface area (Å²) < 4.78 is 13.0. The van der Waals surface area contributed by atoms with Crippen molar-refractivity contribution >= 4 is 16.5 Å². The Hall–Kier alpha value is -2.54. The summed E-state index contributed by atoms with van der Waals surface area (Å²) >= 11 is 0. The molecule has 23 heavy (non-hydrogen) atoms. The first-order valence-electron chi connectivity index (χ1n) is 7.14. The Bertz CT molecular complexity index is 815. The van der Waals surface area contributed by atoms with Gasteiger partial charge >= 0.3 is 0 Å². The molecular formula is C16H17N5OS. The second kappa shape index (κ2) is 6.70. The monoisotopic (exact) mass is 327 g/mol. The van der Waals surface area contributed by atoms with Crippen LogP contribution in [0.15, 0.2) is 53.7 Å². The van der Waals surface area contributed by atoms with Crippen LogP contribution in [0.1, 0.15) is 11.1 Å². The van der Waals surface area contributed by atoms with Crippen LogP contribution in [0, 0.1) is 6.92 Å². The van der Waals surface area contributed by atoms with Crippen LogP contribution in [0.5, 0.6) is 0 Å². The van der Waals surface area contributed by atoms with Gasteiger partial charge in [-0.1, -0.05) is 12.1 Å². The molecule has 1 aromatic heterocycles. The SMILES string of the molecule is Cc1cc(NCc2ccc([S@](C)=O)cc2)ccc1-n1cnnn1. The van der Waals surface area contributed by atoms with E-state index < -0.39 is 10.8 Å². The summed E-state index contributed by atoms with van der Waals surface area (Å²) in [6, 6.07) is 13.8. The maximum atomic E-state index is 11.4. The van der Waals surface area contributed by atoms with Gasteiger partial charge in [-0.2, -0.15) is 0 Å². The molecule has 1 N–H and O–H groups in total. The summed E-state index contributed by atoms with van der Waals surface area (Å²) in [7, 11) is -0.937. The minimum absolute atomic E-state index is 0.709. The van der Waals surface area contributed by atoms with E-state index in [1.165, 1.54) is 0 Å². The van der Waals surface area contributed by atoms with Gasteiger partial charge in [-0.3, -0.25) is 4.21 Å². The first-order valence-corrected chi connectivity index (χ1v) is 8.69. The number of benzene rings is 2. The third-order valence-electron chi connectivity index (χ3n) is 3.54. The first kappa shape index (κ1) is 15.4. The van der Waals surface area contributed by atoms with Crippen molar-refractivity contribution in [2.45, 2.75) is 18.4 Å². The fourth-order valence-corrected chi connectivity index (χ4v) is 2.82. The van der Waals surface area contributed by atoms with Crippen molar-refractivity contribution in [2.24, 2.45) is 0 Å². The molecule has 0 aliphatic rings. The average molecular weight is 327 g/mol. The van der Waals surface area contributed by atoms with E-state index in [0.717, 1.165) is 27.4 Å². The van der Waals surface area contributed by atoms with Crippen LogP contribution in [-0.4, -0.2) is 30.7 Å². The van der Waals surface area contributed by atoms with Gasteiger partial charge in [0.05, 0.1) is 5.69 Å². The molecule has 2 aromatic carbocycles. The van der Waals surface area contributed by atoms with Crippen LogP contribution in [0.2, 0.25) is 0 Å². The predicted molar refractivity (Wildman–Crippen MR) is 90.0 cm³/mol. The van der Waals surface area contributed by atoms with Crippen molar-refractivity contribution in [1.82, 2.24) is 20.2 Å². The Morgan fingerprint density at radius 3 is 2.57 bits per heavy atom. The van der Waals surface area contributed by atoms with Crippen molar-refractivity contribution in [3.8, 4) is 5.69 Å². The van der Waals surface area contributed by atoms with Gasteiger partial charge in [-0.15, -0.1) is 5.10 Å². The van der Waals surface area contributed by atoms with Crippen molar-refractivity contribution < 1.29 is 4.21 Å². The summed E-state index contributed by atoms with van der Waals surface area (Å²) in [5.74, 6) is 0. The zero-order valence-electron chi connectivity index (χ0n) is 12.9. The van der Waals surface area contributed by atoms with Gasteiger partial charge in [0, 0.05) is 34.2 Å². The molecular weight excluding hydrogens is 310 g/mol. The molecule has 0 aliphatic heterocycles. The second-order valence-corrected chi connectivity index (χ2v) is 6.59. The summed E-state index contributed by atoms with van der Waals surface area (Å²) in [4.78, 5) is 0.843. The van der Waals surface area contributed by atoms with Crippen molar-refractivity contribution in [3.63, 3.8) is 0 Å². The molecule has 3 aromatic rings. The molecule has 0 saturated heterocycles. The molecule has 0 saturated carbocycles. The normalized spacial score (nSPS) is 12.1. The van der Waals surface area contributed by atoms with Gasteiger partial charge in [0.2, 0.25) is 0 Å².